The molecule has 1 rings (SSSR count). The fraction of sp³-hybridized carbons (Fsp3) is 0.750. The summed E-state index contributed by atoms with van der Waals surface area (Å²) in [5, 5.41) is 0.532. The third-order valence-electron chi connectivity index (χ3n) is 3.58. The van der Waals surface area contributed by atoms with Crippen LogP contribution in [0.4, 0.5) is 0 Å². The highest BCUT2D eigenvalue weighted by atomic mass is 32.1. The standard InChI is InChI=1S/C16H28S/c1-2-3-4-5-6-7-8-9-14-16(17)15-12-10-11-13-15/h10-13,15-17H,2-9,14H2,1H3. The Morgan fingerprint density at radius 3 is 2.00 bits per heavy atom. The normalized spacial score (nSPS) is 16.8. The quantitative estimate of drug-likeness (QED) is 0.382. The van der Waals surface area contributed by atoms with E-state index < -0.39 is 0 Å². The molecule has 0 N–H and O–H groups in total. The van der Waals surface area contributed by atoms with Gasteiger partial charge in [-0.05, 0) is 6.42 Å². The highest BCUT2D eigenvalue weighted by Crippen LogP contribution is 2.23. The summed E-state index contributed by atoms with van der Waals surface area (Å²) in [6.07, 6.45) is 21.3. The lowest BCUT2D eigenvalue weighted by Gasteiger charge is -2.14. The molecule has 0 bridgehead atoms. The minimum atomic E-state index is 0.532. The van der Waals surface area contributed by atoms with Crippen LogP contribution >= 0.6 is 12.6 Å². The molecule has 0 amide bonds. The van der Waals surface area contributed by atoms with Crippen molar-refractivity contribution < 1.29 is 0 Å². The maximum absolute atomic E-state index is 4.69. The van der Waals surface area contributed by atoms with Crippen LogP contribution in [-0.2, 0) is 0 Å². The average molecular weight is 252 g/mol. The molecule has 0 aromatic carbocycles. The van der Waals surface area contributed by atoms with Gasteiger partial charge in [0.25, 0.3) is 0 Å². The van der Waals surface area contributed by atoms with Gasteiger partial charge in [-0.15, -0.1) is 0 Å². The zero-order chi connectivity index (χ0) is 12.3. The third-order valence-corrected chi connectivity index (χ3v) is 4.18. The van der Waals surface area contributed by atoms with Crippen molar-refractivity contribution in [1.82, 2.24) is 0 Å². The summed E-state index contributed by atoms with van der Waals surface area (Å²) in [6.45, 7) is 2.28. The van der Waals surface area contributed by atoms with E-state index in [1.54, 1.807) is 0 Å². The molecule has 0 heterocycles. The summed E-state index contributed by atoms with van der Waals surface area (Å²) in [6, 6.07) is 0. The van der Waals surface area contributed by atoms with Crippen LogP contribution in [0, 0.1) is 5.92 Å². The molecule has 0 spiro atoms. The molecule has 1 aliphatic rings. The van der Waals surface area contributed by atoms with Gasteiger partial charge in [0.05, 0.1) is 0 Å². The molecule has 0 saturated carbocycles. The molecule has 0 radical (unpaired) electrons. The second-order valence-electron chi connectivity index (χ2n) is 5.18. The van der Waals surface area contributed by atoms with Gasteiger partial charge in [0.1, 0.15) is 0 Å². The number of hydrogen-bond acceptors (Lipinski definition) is 1. The number of unbranched alkanes of at least 4 members (excludes halogenated alkanes) is 7. The van der Waals surface area contributed by atoms with Crippen molar-refractivity contribution in [3.8, 4) is 0 Å². The summed E-state index contributed by atoms with van der Waals surface area (Å²) < 4.78 is 0. The van der Waals surface area contributed by atoms with Crippen LogP contribution < -0.4 is 0 Å². The molecule has 1 heteroatoms. The predicted octanol–water partition coefficient (Wildman–Crippen LogP) is 5.56. The zero-order valence-corrected chi connectivity index (χ0v) is 12.2. The fourth-order valence-electron chi connectivity index (χ4n) is 2.39. The van der Waals surface area contributed by atoms with E-state index in [-0.39, 0.29) is 0 Å². The van der Waals surface area contributed by atoms with E-state index in [1.807, 2.05) is 0 Å². The molecule has 0 saturated heterocycles. The first kappa shape index (κ1) is 14.9. The van der Waals surface area contributed by atoms with Crippen molar-refractivity contribution >= 4 is 12.6 Å². The van der Waals surface area contributed by atoms with E-state index in [0.717, 1.165) is 0 Å². The Kier molecular flexibility index (Phi) is 8.60. The Morgan fingerprint density at radius 1 is 0.882 bits per heavy atom. The van der Waals surface area contributed by atoms with Crippen molar-refractivity contribution in [1.29, 1.82) is 0 Å². The molecule has 1 aliphatic carbocycles. The van der Waals surface area contributed by atoms with E-state index >= 15 is 0 Å². The lowest BCUT2D eigenvalue weighted by Crippen LogP contribution is -2.08. The van der Waals surface area contributed by atoms with Crippen LogP contribution in [0.15, 0.2) is 24.3 Å². The molecule has 17 heavy (non-hydrogen) atoms. The summed E-state index contributed by atoms with van der Waals surface area (Å²) >= 11 is 4.69. The minimum Gasteiger partial charge on any atom is -0.175 e. The Morgan fingerprint density at radius 2 is 1.41 bits per heavy atom. The topological polar surface area (TPSA) is 0 Å². The Balaban J connectivity index is 1.86. The first-order valence-electron chi connectivity index (χ1n) is 7.37. The largest absolute Gasteiger partial charge is 0.175 e. The molecule has 0 aromatic rings. The Hall–Kier alpha value is -0.170. The maximum atomic E-state index is 4.69. The highest BCUT2D eigenvalue weighted by molar-refractivity contribution is 7.81. The van der Waals surface area contributed by atoms with Gasteiger partial charge in [-0.1, -0.05) is 82.6 Å². The second kappa shape index (κ2) is 9.82. The highest BCUT2D eigenvalue weighted by Gasteiger charge is 2.13. The van der Waals surface area contributed by atoms with Crippen molar-refractivity contribution in [3.05, 3.63) is 24.3 Å². The first-order chi connectivity index (χ1) is 8.34. The molecule has 0 aliphatic heterocycles. The van der Waals surface area contributed by atoms with Gasteiger partial charge in [0.2, 0.25) is 0 Å². The van der Waals surface area contributed by atoms with Crippen molar-refractivity contribution in [2.24, 2.45) is 5.92 Å². The van der Waals surface area contributed by atoms with Crippen molar-refractivity contribution in [2.45, 2.75) is 70.0 Å². The lowest BCUT2D eigenvalue weighted by molar-refractivity contribution is 0.550. The van der Waals surface area contributed by atoms with Gasteiger partial charge >= 0.3 is 0 Å². The van der Waals surface area contributed by atoms with E-state index in [4.69, 9.17) is 12.6 Å². The van der Waals surface area contributed by atoms with E-state index in [2.05, 4.69) is 31.2 Å². The molecule has 0 fully saturated rings. The summed E-state index contributed by atoms with van der Waals surface area (Å²) in [5.41, 5.74) is 0. The van der Waals surface area contributed by atoms with Crippen molar-refractivity contribution in [3.63, 3.8) is 0 Å². The van der Waals surface area contributed by atoms with Crippen LogP contribution in [0.2, 0.25) is 0 Å². The average Bonchev–Trinajstić information content (AvgIpc) is 2.86. The number of rotatable bonds is 10. The zero-order valence-electron chi connectivity index (χ0n) is 11.3. The monoisotopic (exact) mass is 252 g/mol. The number of hydrogen-bond donors (Lipinski definition) is 1. The fourth-order valence-corrected chi connectivity index (χ4v) is 2.77. The lowest BCUT2D eigenvalue weighted by atomic mass is 10.0. The van der Waals surface area contributed by atoms with E-state index in [1.165, 1.54) is 57.8 Å². The van der Waals surface area contributed by atoms with Gasteiger partial charge in [-0.25, -0.2) is 0 Å². The van der Waals surface area contributed by atoms with Gasteiger partial charge < -0.3 is 0 Å². The van der Waals surface area contributed by atoms with Crippen LogP contribution in [0.5, 0.6) is 0 Å². The molecule has 1 atom stereocenters. The summed E-state index contributed by atoms with van der Waals surface area (Å²) in [4.78, 5) is 0. The molecule has 98 valence electrons. The van der Waals surface area contributed by atoms with Crippen LogP contribution in [0.25, 0.3) is 0 Å². The van der Waals surface area contributed by atoms with Gasteiger partial charge in [-0.3, -0.25) is 0 Å². The van der Waals surface area contributed by atoms with Crippen molar-refractivity contribution in [2.75, 3.05) is 0 Å². The predicted molar refractivity (Wildman–Crippen MR) is 81.8 cm³/mol. The molecule has 0 aromatic heterocycles. The first-order valence-corrected chi connectivity index (χ1v) is 7.89. The third kappa shape index (κ3) is 6.98. The SMILES string of the molecule is CCCCCCCCCCC(S)C1C=CC=C1. The molecule has 0 nitrogen and oxygen atoms in total. The molecule has 1 unspecified atom stereocenters. The number of allylic oxidation sites excluding steroid dienone is 4. The second-order valence-corrected chi connectivity index (χ2v) is 5.84. The number of thiol groups is 1. The van der Waals surface area contributed by atoms with Crippen LogP contribution in [0.1, 0.15) is 64.7 Å². The summed E-state index contributed by atoms with van der Waals surface area (Å²) in [5.74, 6) is 0.586. The van der Waals surface area contributed by atoms with E-state index in [9.17, 15) is 0 Å². The van der Waals surface area contributed by atoms with Gasteiger partial charge in [0, 0.05) is 11.2 Å². The molecular formula is C16H28S. The van der Waals surface area contributed by atoms with E-state index in [0.29, 0.717) is 11.2 Å². The smallest absolute Gasteiger partial charge is 0.0114 e. The Labute approximate surface area is 113 Å². The Bertz CT molecular complexity index is 218. The van der Waals surface area contributed by atoms with Crippen LogP contribution in [0.3, 0.4) is 0 Å². The summed E-state index contributed by atoms with van der Waals surface area (Å²) in [7, 11) is 0. The van der Waals surface area contributed by atoms with Crippen LogP contribution in [-0.4, -0.2) is 5.25 Å². The van der Waals surface area contributed by atoms with Gasteiger partial charge in [0.15, 0.2) is 0 Å². The minimum absolute atomic E-state index is 0.532. The van der Waals surface area contributed by atoms with Gasteiger partial charge in [-0.2, -0.15) is 12.6 Å². The maximum Gasteiger partial charge on any atom is 0.0114 e. The molecular weight excluding hydrogens is 224 g/mol.